The SMILES string of the molecule is O=C(Nc1ccc(C2CCC(c3ccc(-c4cccc5c4CN([C@H]4CCCN4)N5)cc3)N2c2ccc(F)cc2)cc1)[C@@H]1CCCN1. The second kappa shape index (κ2) is 12.5. The number of nitrogens with one attached hydrogen (secondary N) is 4. The van der Waals surface area contributed by atoms with E-state index in [4.69, 9.17) is 0 Å². The van der Waals surface area contributed by atoms with Crippen LogP contribution in [-0.2, 0) is 11.3 Å². The van der Waals surface area contributed by atoms with Crippen LogP contribution < -0.4 is 26.3 Å². The zero-order valence-electron chi connectivity index (χ0n) is 26.0. The van der Waals surface area contributed by atoms with E-state index in [9.17, 15) is 9.18 Å². The number of amides is 1. The maximum atomic E-state index is 14.0. The molecule has 236 valence electrons. The minimum atomic E-state index is -0.232. The first kappa shape index (κ1) is 29.2. The van der Waals surface area contributed by atoms with Crippen LogP contribution in [-0.4, -0.2) is 36.2 Å². The Labute approximate surface area is 270 Å². The number of benzene rings is 4. The number of hydrogen-bond acceptors (Lipinski definition) is 6. The normalized spacial score (nSPS) is 24.2. The molecule has 0 aromatic heterocycles. The lowest BCUT2D eigenvalue weighted by molar-refractivity contribution is -0.117. The molecule has 7 nitrogen and oxygen atoms in total. The predicted octanol–water partition coefficient (Wildman–Crippen LogP) is 7.12. The number of hydrazine groups is 1. The first-order chi connectivity index (χ1) is 22.6. The molecular weight excluding hydrogens is 575 g/mol. The first-order valence-electron chi connectivity index (χ1n) is 16.8. The van der Waals surface area contributed by atoms with Gasteiger partial charge in [0.25, 0.3) is 0 Å². The van der Waals surface area contributed by atoms with Gasteiger partial charge in [-0.1, -0.05) is 48.5 Å². The van der Waals surface area contributed by atoms with E-state index in [-0.39, 0.29) is 29.8 Å². The lowest BCUT2D eigenvalue weighted by atomic mass is 9.96. The number of halogens is 1. The summed E-state index contributed by atoms with van der Waals surface area (Å²) in [6.45, 7) is 2.85. The molecule has 3 fully saturated rings. The van der Waals surface area contributed by atoms with E-state index in [0.717, 1.165) is 63.1 Å². The molecular formula is C38H41FN6O. The van der Waals surface area contributed by atoms with Crippen molar-refractivity contribution in [3.05, 3.63) is 114 Å². The molecule has 3 saturated heterocycles. The molecule has 4 N–H and O–H groups in total. The van der Waals surface area contributed by atoms with Crippen LogP contribution in [0.3, 0.4) is 0 Å². The summed E-state index contributed by atoms with van der Waals surface area (Å²) in [4.78, 5) is 15.1. The Hall–Kier alpha value is -4.24. The lowest BCUT2D eigenvalue weighted by Gasteiger charge is -2.33. The van der Waals surface area contributed by atoms with Crippen LogP contribution in [0.2, 0.25) is 0 Å². The van der Waals surface area contributed by atoms with Crippen LogP contribution >= 0.6 is 0 Å². The van der Waals surface area contributed by atoms with Gasteiger partial charge in [0.1, 0.15) is 5.82 Å². The molecule has 0 aliphatic carbocycles. The van der Waals surface area contributed by atoms with Crippen LogP contribution in [0.5, 0.6) is 0 Å². The van der Waals surface area contributed by atoms with Crippen LogP contribution in [0, 0.1) is 5.82 Å². The van der Waals surface area contributed by atoms with E-state index in [1.54, 1.807) is 12.1 Å². The van der Waals surface area contributed by atoms with Gasteiger partial charge in [-0.2, -0.15) is 0 Å². The average molecular weight is 617 g/mol. The second-order valence-corrected chi connectivity index (χ2v) is 13.1. The van der Waals surface area contributed by atoms with E-state index in [0.29, 0.717) is 6.17 Å². The molecule has 4 heterocycles. The third kappa shape index (κ3) is 5.66. The van der Waals surface area contributed by atoms with Crippen molar-refractivity contribution in [2.45, 2.75) is 69.4 Å². The van der Waals surface area contributed by atoms with Crippen molar-refractivity contribution in [2.24, 2.45) is 0 Å². The summed E-state index contributed by atoms with van der Waals surface area (Å²) in [5, 5.41) is 12.3. The summed E-state index contributed by atoms with van der Waals surface area (Å²) in [5.74, 6) is -0.202. The minimum Gasteiger partial charge on any atom is -0.357 e. The molecule has 46 heavy (non-hydrogen) atoms. The van der Waals surface area contributed by atoms with Gasteiger partial charge in [-0.15, -0.1) is 0 Å². The van der Waals surface area contributed by atoms with Gasteiger partial charge >= 0.3 is 0 Å². The van der Waals surface area contributed by atoms with Crippen molar-refractivity contribution >= 4 is 23.0 Å². The van der Waals surface area contributed by atoms with Gasteiger partial charge < -0.3 is 26.3 Å². The van der Waals surface area contributed by atoms with Crippen LogP contribution in [0.1, 0.15) is 67.3 Å². The van der Waals surface area contributed by atoms with Crippen molar-refractivity contribution in [1.29, 1.82) is 0 Å². The zero-order valence-corrected chi connectivity index (χ0v) is 26.0. The minimum absolute atomic E-state index is 0.0300. The molecule has 4 aliphatic rings. The van der Waals surface area contributed by atoms with Crippen LogP contribution in [0.4, 0.5) is 21.5 Å². The summed E-state index contributed by atoms with van der Waals surface area (Å²) in [6.07, 6.45) is 6.63. The predicted molar refractivity (Wildman–Crippen MR) is 182 cm³/mol. The summed E-state index contributed by atoms with van der Waals surface area (Å²) >= 11 is 0. The van der Waals surface area contributed by atoms with Gasteiger partial charge in [-0.3, -0.25) is 4.79 Å². The molecule has 8 rings (SSSR count). The van der Waals surface area contributed by atoms with Crippen molar-refractivity contribution in [3.8, 4) is 11.1 Å². The van der Waals surface area contributed by atoms with Crippen LogP contribution in [0.15, 0.2) is 91.0 Å². The Morgan fingerprint density at radius 3 is 2.13 bits per heavy atom. The van der Waals surface area contributed by atoms with Gasteiger partial charge in [-0.25, -0.2) is 9.40 Å². The molecule has 2 unspecified atom stereocenters. The second-order valence-electron chi connectivity index (χ2n) is 13.1. The fourth-order valence-corrected chi connectivity index (χ4v) is 7.87. The molecule has 1 amide bonds. The quantitative estimate of drug-likeness (QED) is 0.177. The molecule has 8 heteroatoms. The van der Waals surface area contributed by atoms with E-state index >= 15 is 0 Å². The maximum Gasteiger partial charge on any atom is 0.241 e. The number of fused-ring (bicyclic) bond motifs is 1. The topological polar surface area (TPSA) is 71.7 Å². The highest BCUT2D eigenvalue weighted by Crippen LogP contribution is 2.47. The number of rotatable bonds is 7. The smallest absolute Gasteiger partial charge is 0.241 e. The van der Waals surface area contributed by atoms with Crippen molar-refractivity contribution in [2.75, 3.05) is 28.7 Å². The van der Waals surface area contributed by atoms with Crippen molar-refractivity contribution in [3.63, 3.8) is 0 Å². The average Bonchev–Trinajstić information content (AvgIpc) is 3.92. The summed E-state index contributed by atoms with van der Waals surface area (Å²) in [6, 6.07) is 30.9. The fraction of sp³-hybridized carbons (Fsp3) is 0.342. The Balaban J connectivity index is 1.04. The number of nitrogens with zero attached hydrogens (tertiary/aromatic N) is 2. The fourth-order valence-electron chi connectivity index (χ4n) is 7.87. The number of carbonyl (C=O) groups excluding carboxylic acids is 1. The van der Waals surface area contributed by atoms with Gasteiger partial charge in [0.2, 0.25) is 5.91 Å². The summed E-state index contributed by atoms with van der Waals surface area (Å²) < 4.78 is 14.0. The van der Waals surface area contributed by atoms with E-state index < -0.39 is 0 Å². The van der Waals surface area contributed by atoms with Gasteiger partial charge in [0.05, 0.1) is 30.0 Å². The highest BCUT2D eigenvalue weighted by Gasteiger charge is 2.36. The Bertz CT molecular complexity index is 1680. The Morgan fingerprint density at radius 1 is 0.761 bits per heavy atom. The van der Waals surface area contributed by atoms with Crippen molar-refractivity contribution < 1.29 is 9.18 Å². The number of anilines is 3. The molecule has 0 saturated carbocycles. The molecule has 4 aliphatic heterocycles. The number of hydrogen-bond donors (Lipinski definition) is 4. The Morgan fingerprint density at radius 2 is 1.46 bits per heavy atom. The molecule has 0 spiro atoms. The molecule has 4 aromatic carbocycles. The van der Waals surface area contributed by atoms with E-state index in [1.165, 1.54) is 39.9 Å². The third-order valence-electron chi connectivity index (χ3n) is 10.2. The van der Waals surface area contributed by atoms with Gasteiger partial charge in [-0.05, 0) is 116 Å². The summed E-state index contributed by atoms with van der Waals surface area (Å²) in [7, 11) is 0. The molecule has 0 radical (unpaired) electrons. The maximum absolute atomic E-state index is 14.0. The van der Waals surface area contributed by atoms with Gasteiger partial charge in [0, 0.05) is 23.5 Å². The Kier molecular flexibility index (Phi) is 7.94. The highest BCUT2D eigenvalue weighted by molar-refractivity contribution is 5.95. The highest BCUT2D eigenvalue weighted by atomic mass is 19.1. The van der Waals surface area contributed by atoms with Gasteiger partial charge in [0.15, 0.2) is 0 Å². The van der Waals surface area contributed by atoms with E-state index in [2.05, 4.69) is 85.9 Å². The number of carbonyl (C=O) groups is 1. The molecule has 4 atom stereocenters. The third-order valence-corrected chi connectivity index (χ3v) is 10.2. The van der Waals surface area contributed by atoms with E-state index in [1.807, 2.05) is 24.3 Å². The summed E-state index contributed by atoms with van der Waals surface area (Å²) in [5.41, 5.74) is 12.9. The van der Waals surface area contributed by atoms with Crippen LogP contribution in [0.25, 0.3) is 11.1 Å². The lowest BCUT2D eigenvalue weighted by Crippen LogP contribution is -2.41. The largest absolute Gasteiger partial charge is 0.357 e. The molecule has 0 bridgehead atoms. The molecule has 4 aromatic rings. The zero-order chi connectivity index (χ0) is 31.0. The monoisotopic (exact) mass is 616 g/mol. The first-order valence-corrected chi connectivity index (χ1v) is 16.8. The standard InChI is InChI=1S/C38H41FN6O/c39-28-14-18-30(19-15-28)45-35(20-21-36(45)27-12-16-29(17-13-27)42-38(46)34-6-2-22-40-34)26-10-8-25(9-11-26)31-4-1-5-33-32(31)24-44(43-33)37-7-3-23-41-37/h1,4-5,8-19,34-37,40-41,43H,2-3,6-7,20-24H2,(H,42,46)/t34-,35?,36?,37-/m0/s1. The van der Waals surface area contributed by atoms with Crippen molar-refractivity contribution in [1.82, 2.24) is 15.6 Å².